The summed E-state index contributed by atoms with van der Waals surface area (Å²) in [7, 11) is 0. The van der Waals surface area contributed by atoms with Crippen molar-refractivity contribution >= 4 is 0 Å². The summed E-state index contributed by atoms with van der Waals surface area (Å²) in [6, 6.07) is 9.60. The molecule has 2 aliphatic rings. The first kappa shape index (κ1) is 12.2. The monoisotopic (exact) mass is 244 g/mol. The number of fused-ring (bicyclic) bond motifs is 2. The molecule has 0 amide bonds. The molecule has 0 spiro atoms. The highest BCUT2D eigenvalue weighted by molar-refractivity contribution is 5.28. The third-order valence-corrected chi connectivity index (χ3v) is 4.84. The van der Waals surface area contributed by atoms with Crippen molar-refractivity contribution in [3.05, 3.63) is 35.4 Å². The first-order valence-electron chi connectivity index (χ1n) is 7.29. The fourth-order valence-corrected chi connectivity index (χ4v) is 3.76. The molecule has 1 aliphatic carbocycles. The van der Waals surface area contributed by atoms with Crippen LogP contribution in [-0.2, 0) is 0 Å². The number of nitrogens with two attached hydrogens (primary N) is 1. The number of nitrogens with zero attached hydrogens (tertiary/aromatic N) is 1. The second-order valence-electron chi connectivity index (χ2n) is 6.08. The molecule has 1 saturated carbocycles. The van der Waals surface area contributed by atoms with Gasteiger partial charge in [0.2, 0.25) is 0 Å². The molecule has 0 radical (unpaired) electrons. The van der Waals surface area contributed by atoms with Crippen molar-refractivity contribution in [3.63, 3.8) is 0 Å². The summed E-state index contributed by atoms with van der Waals surface area (Å²) in [6.45, 7) is 4.66. The van der Waals surface area contributed by atoms with Crippen LogP contribution in [0.25, 0.3) is 0 Å². The lowest BCUT2D eigenvalue weighted by Gasteiger charge is -2.28. The smallest absolute Gasteiger partial charge is 0.0309 e. The third-order valence-electron chi connectivity index (χ3n) is 4.84. The van der Waals surface area contributed by atoms with E-state index in [4.69, 9.17) is 5.73 Å². The van der Waals surface area contributed by atoms with E-state index in [0.29, 0.717) is 0 Å². The highest BCUT2D eigenvalue weighted by Gasteiger charge is 2.37. The number of rotatable bonds is 4. The van der Waals surface area contributed by atoms with E-state index in [-0.39, 0.29) is 6.04 Å². The van der Waals surface area contributed by atoms with Gasteiger partial charge in [0.15, 0.2) is 0 Å². The lowest BCUT2D eigenvalue weighted by molar-refractivity contribution is 0.206. The van der Waals surface area contributed by atoms with E-state index in [9.17, 15) is 0 Å². The Balaban J connectivity index is 1.56. The standard InChI is InChI=1S/C16H24N2/c1-12-4-2-3-5-15(12)16(17)8-9-18-11-13-6-7-14(18)10-13/h2-5,13-14,16H,6-11,17H2,1H3. The third kappa shape index (κ3) is 2.32. The van der Waals surface area contributed by atoms with Gasteiger partial charge in [-0.25, -0.2) is 0 Å². The minimum atomic E-state index is 0.199. The fourth-order valence-electron chi connectivity index (χ4n) is 3.76. The molecule has 2 heteroatoms. The van der Waals surface area contributed by atoms with Gasteiger partial charge in [-0.05, 0) is 49.7 Å². The summed E-state index contributed by atoms with van der Waals surface area (Å²) in [4.78, 5) is 2.67. The number of aryl methyl sites for hydroxylation is 1. The van der Waals surface area contributed by atoms with Gasteiger partial charge in [0.1, 0.15) is 0 Å². The van der Waals surface area contributed by atoms with Gasteiger partial charge in [-0.2, -0.15) is 0 Å². The van der Waals surface area contributed by atoms with Crippen LogP contribution >= 0.6 is 0 Å². The predicted molar refractivity (Wildman–Crippen MR) is 75.4 cm³/mol. The molecule has 98 valence electrons. The second-order valence-corrected chi connectivity index (χ2v) is 6.08. The molecule has 3 unspecified atom stereocenters. The van der Waals surface area contributed by atoms with Crippen LogP contribution in [0, 0.1) is 12.8 Å². The van der Waals surface area contributed by atoms with Crippen molar-refractivity contribution < 1.29 is 0 Å². The first-order chi connectivity index (χ1) is 8.74. The van der Waals surface area contributed by atoms with Crippen LogP contribution in [0.5, 0.6) is 0 Å². The summed E-state index contributed by atoms with van der Waals surface area (Å²) in [5.74, 6) is 0.990. The average molecular weight is 244 g/mol. The number of hydrogen-bond donors (Lipinski definition) is 1. The van der Waals surface area contributed by atoms with Crippen LogP contribution in [0.1, 0.15) is 42.9 Å². The van der Waals surface area contributed by atoms with Crippen LogP contribution in [0.4, 0.5) is 0 Å². The number of benzene rings is 1. The van der Waals surface area contributed by atoms with Gasteiger partial charge in [0, 0.05) is 25.2 Å². The second kappa shape index (κ2) is 5.02. The Morgan fingerprint density at radius 2 is 2.17 bits per heavy atom. The molecule has 1 heterocycles. The quantitative estimate of drug-likeness (QED) is 0.882. The van der Waals surface area contributed by atoms with Crippen LogP contribution in [0.2, 0.25) is 0 Å². The van der Waals surface area contributed by atoms with Crippen molar-refractivity contribution in [2.75, 3.05) is 13.1 Å². The van der Waals surface area contributed by atoms with Gasteiger partial charge in [-0.15, -0.1) is 0 Å². The SMILES string of the molecule is Cc1ccccc1C(N)CCN1CC2CCC1C2. The maximum absolute atomic E-state index is 6.35. The maximum atomic E-state index is 6.35. The highest BCUT2D eigenvalue weighted by Crippen LogP contribution is 2.37. The molecule has 3 atom stereocenters. The van der Waals surface area contributed by atoms with E-state index in [1.165, 1.54) is 43.5 Å². The van der Waals surface area contributed by atoms with Crippen molar-refractivity contribution in [2.45, 2.75) is 44.7 Å². The van der Waals surface area contributed by atoms with Crippen molar-refractivity contribution in [1.82, 2.24) is 4.90 Å². The Morgan fingerprint density at radius 3 is 2.83 bits per heavy atom. The molecule has 0 aromatic heterocycles. The van der Waals surface area contributed by atoms with Crippen LogP contribution in [0.3, 0.4) is 0 Å². The van der Waals surface area contributed by atoms with Crippen molar-refractivity contribution in [1.29, 1.82) is 0 Å². The summed E-state index contributed by atoms with van der Waals surface area (Å²) in [5, 5.41) is 0. The molecule has 18 heavy (non-hydrogen) atoms. The Hall–Kier alpha value is -0.860. The summed E-state index contributed by atoms with van der Waals surface area (Å²) < 4.78 is 0. The summed E-state index contributed by atoms with van der Waals surface area (Å²) in [5.41, 5.74) is 8.99. The predicted octanol–water partition coefficient (Wildman–Crippen LogP) is 2.87. The van der Waals surface area contributed by atoms with Gasteiger partial charge in [-0.3, -0.25) is 0 Å². The topological polar surface area (TPSA) is 29.3 Å². The molecule has 1 aliphatic heterocycles. The highest BCUT2D eigenvalue weighted by atomic mass is 15.2. The van der Waals surface area contributed by atoms with Gasteiger partial charge in [-0.1, -0.05) is 24.3 Å². The normalized spacial score (nSPS) is 28.8. The largest absolute Gasteiger partial charge is 0.324 e. The van der Waals surface area contributed by atoms with Gasteiger partial charge in [0.05, 0.1) is 0 Å². The Morgan fingerprint density at radius 1 is 1.33 bits per heavy atom. The van der Waals surface area contributed by atoms with Crippen LogP contribution in [0.15, 0.2) is 24.3 Å². The molecule has 2 nitrogen and oxygen atoms in total. The zero-order valence-electron chi connectivity index (χ0n) is 11.3. The van der Waals surface area contributed by atoms with E-state index in [1.807, 2.05) is 0 Å². The van der Waals surface area contributed by atoms with E-state index in [0.717, 1.165) is 18.4 Å². The molecule has 1 saturated heterocycles. The zero-order valence-corrected chi connectivity index (χ0v) is 11.3. The Labute approximate surface area is 110 Å². The molecule has 1 aromatic carbocycles. The minimum Gasteiger partial charge on any atom is -0.324 e. The number of likely N-dealkylation sites (tertiary alicyclic amines) is 1. The maximum Gasteiger partial charge on any atom is 0.0309 e. The molecule has 3 rings (SSSR count). The average Bonchev–Trinajstić information content (AvgIpc) is 2.98. The molecule has 2 bridgehead atoms. The van der Waals surface area contributed by atoms with E-state index >= 15 is 0 Å². The fraction of sp³-hybridized carbons (Fsp3) is 0.625. The number of hydrogen-bond acceptors (Lipinski definition) is 2. The Kier molecular flexibility index (Phi) is 3.40. The minimum absolute atomic E-state index is 0.199. The molecule has 2 fully saturated rings. The van der Waals surface area contributed by atoms with E-state index in [2.05, 4.69) is 36.1 Å². The first-order valence-corrected chi connectivity index (χ1v) is 7.29. The van der Waals surface area contributed by atoms with Crippen LogP contribution in [-0.4, -0.2) is 24.0 Å². The van der Waals surface area contributed by atoms with Crippen LogP contribution < -0.4 is 5.73 Å². The summed E-state index contributed by atoms with van der Waals surface area (Å²) in [6.07, 6.45) is 5.42. The Bertz CT molecular complexity index is 415. The molecule has 1 aromatic rings. The molecule has 2 N–H and O–H groups in total. The lowest BCUT2D eigenvalue weighted by Crippen LogP contribution is -2.34. The van der Waals surface area contributed by atoms with Gasteiger partial charge in [0.25, 0.3) is 0 Å². The lowest BCUT2D eigenvalue weighted by atomic mass is 9.99. The van der Waals surface area contributed by atoms with Crippen molar-refractivity contribution in [3.8, 4) is 0 Å². The van der Waals surface area contributed by atoms with Crippen molar-refractivity contribution in [2.24, 2.45) is 11.7 Å². The van der Waals surface area contributed by atoms with Gasteiger partial charge < -0.3 is 10.6 Å². The van der Waals surface area contributed by atoms with E-state index < -0.39 is 0 Å². The zero-order chi connectivity index (χ0) is 12.5. The molecular weight excluding hydrogens is 220 g/mol. The number of piperidine rings is 1. The summed E-state index contributed by atoms with van der Waals surface area (Å²) >= 11 is 0. The van der Waals surface area contributed by atoms with Gasteiger partial charge >= 0.3 is 0 Å². The molecular formula is C16H24N2. The van der Waals surface area contributed by atoms with E-state index in [1.54, 1.807) is 0 Å².